The van der Waals surface area contributed by atoms with Gasteiger partial charge in [-0.25, -0.2) is 0 Å². The van der Waals surface area contributed by atoms with Crippen molar-refractivity contribution in [2.75, 3.05) is 28.0 Å². The maximum atomic E-state index is 12.6. The molecule has 7 nitrogen and oxygen atoms in total. The van der Waals surface area contributed by atoms with Gasteiger partial charge in [-0.3, -0.25) is 19.3 Å². The van der Waals surface area contributed by atoms with Crippen LogP contribution in [0.25, 0.3) is 0 Å². The summed E-state index contributed by atoms with van der Waals surface area (Å²) in [5, 5.41) is 5.37. The highest BCUT2D eigenvalue weighted by atomic mass is 35.5. The predicted molar refractivity (Wildman–Crippen MR) is 103 cm³/mol. The van der Waals surface area contributed by atoms with E-state index in [9.17, 15) is 14.4 Å². The van der Waals surface area contributed by atoms with Gasteiger partial charge in [0.25, 0.3) is 5.91 Å². The molecule has 0 radical (unpaired) electrons. The molecule has 0 fully saturated rings. The van der Waals surface area contributed by atoms with E-state index in [-0.39, 0.29) is 30.1 Å². The van der Waals surface area contributed by atoms with Gasteiger partial charge in [-0.15, -0.1) is 11.6 Å². The number of fused-ring (bicyclic) bond motifs is 1. The molecule has 0 saturated carbocycles. The van der Waals surface area contributed by atoms with E-state index in [1.54, 1.807) is 49.4 Å². The molecule has 2 aromatic rings. The van der Waals surface area contributed by atoms with E-state index in [1.807, 2.05) is 6.07 Å². The molecule has 8 heteroatoms. The molecule has 27 heavy (non-hydrogen) atoms. The average Bonchev–Trinajstić information content (AvgIpc) is 2.66. The first-order chi connectivity index (χ1) is 13.0. The summed E-state index contributed by atoms with van der Waals surface area (Å²) in [6, 6.07) is 13.8. The van der Waals surface area contributed by atoms with Crippen molar-refractivity contribution in [3.8, 4) is 5.75 Å². The first kappa shape index (κ1) is 18.7. The molecule has 1 heterocycles. The van der Waals surface area contributed by atoms with Gasteiger partial charge in [-0.2, -0.15) is 0 Å². The Morgan fingerprint density at radius 2 is 1.78 bits per heavy atom. The molecule has 0 bridgehead atoms. The van der Waals surface area contributed by atoms with Gasteiger partial charge in [0.1, 0.15) is 18.2 Å². The number of alkyl halides is 1. The number of ether oxygens (including phenoxy) is 1. The van der Waals surface area contributed by atoms with E-state index in [0.29, 0.717) is 22.8 Å². The third-order valence-corrected chi connectivity index (χ3v) is 4.17. The summed E-state index contributed by atoms with van der Waals surface area (Å²) < 4.78 is 5.60. The van der Waals surface area contributed by atoms with Crippen molar-refractivity contribution in [3.63, 3.8) is 0 Å². The summed E-state index contributed by atoms with van der Waals surface area (Å²) in [5.41, 5.74) is 1.51. The van der Waals surface area contributed by atoms with Crippen LogP contribution in [0.5, 0.6) is 5.75 Å². The lowest BCUT2D eigenvalue weighted by Crippen LogP contribution is -2.47. The van der Waals surface area contributed by atoms with Gasteiger partial charge in [0, 0.05) is 11.4 Å². The van der Waals surface area contributed by atoms with Crippen LogP contribution in [0.15, 0.2) is 48.5 Å². The smallest absolute Gasteiger partial charge is 0.268 e. The van der Waals surface area contributed by atoms with Gasteiger partial charge in [0.2, 0.25) is 11.8 Å². The van der Waals surface area contributed by atoms with E-state index >= 15 is 0 Å². The molecular formula is C19H18ClN3O4. The van der Waals surface area contributed by atoms with Crippen LogP contribution in [-0.2, 0) is 14.4 Å². The largest absolute Gasteiger partial charge is 0.479 e. The molecule has 0 aliphatic carbocycles. The fourth-order valence-electron chi connectivity index (χ4n) is 2.71. The van der Waals surface area contributed by atoms with E-state index < -0.39 is 6.10 Å². The van der Waals surface area contributed by atoms with Crippen LogP contribution in [0.4, 0.5) is 17.1 Å². The molecule has 1 unspecified atom stereocenters. The number of benzene rings is 2. The third-order valence-electron chi connectivity index (χ3n) is 3.93. The van der Waals surface area contributed by atoms with Gasteiger partial charge in [0.15, 0.2) is 6.10 Å². The second kappa shape index (κ2) is 8.09. The summed E-state index contributed by atoms with van der Waals surface area (Å²) in [7, 11) is 0. The normalized spacial score (nSPS) is 15.6. The van der Waals surface area contributed by atoms with Crippen LogP contribution in [-0.4, -0.2) is 36.3 Å². The number of rotatable bonds is 5. The van der Waals surface area contributed by atoms with Crippen molar-refractivity contribution >= 4 is 46.4 Å². The molecule has 0 spiro atoms. The number of amides is 3. The number of carbonyl (C=O) groups is 3. The van der Waals surface area contributed by atoms with Crippen molar-refractivity contribution in [2.45, 2.75) is 13.0 Å². The highest BCUT2D eigenvalue weighted by molar-refractivity contribution is 6.29. The number of halogens is 1. The first-order valence-electron chi connectivity index (χ1n) is 8.30. The molecule has 1 atom stereocenters. The van der Waals surface area contributed by atoms with E-state index in [0.717, 1.165) is 0 Å². The Kier molecular flexibility index (Phi) is 5.61. The molecule has 2 aromatic carbocycles. The van der Waals surface area contributed by atoms with Gasteiger partial charge in [0.05, 0.1) is 5.69 Å². The lowest BCUT2D eigenvalue weighted by Gasteiger charge is -2.33. The molecule has 140 valence electrons. The van der Waals surface area contributed by atoms with Crippen molar-refractivity contribution in [3.05, 3.63) is 48.5 Å². The lowest BCUT2D eigenvalue weighted by atomic mass is 10.1. The number of carbonyl (C=O) groups excluding carboxylic acids is 3. The highest BCUT2D eigenvalue weighted by Gasteiger charge is 2.33. The van der Waals surface area contributed by atoms with Crippen LogP contribution in [0.3, 0.4) is 0 Å². The zero-order chi connectivity index (χ0) is 19.4. The fourth-order valence-corrected chi connectivity index (χ4v) is 2.77. The summed E-state index contributed by atoms with van der Waals surface area (Å²) in [4.78, 5) is 37.9. The lowest BCUT2D eigenvalue weighted by molar-refractivity contribution is -0.127. The Morgan fingerprint density at radius 1 is 1.07 bits per heavy atom. The minimum atomic E-state index is -0.717. The topological polar surface area (TPSA) is 87.7 Å². The minimum absolute atomic E-state index is 0.179. The Hall–Kier alpha value is -3.06. The minimum Gasteiger partial charge on any atom is -0.479 e. The van der Waals surface area contributed by atoms with Crippen molar-refractivity contribution in [2.24, 2.45) is 0 Å². The van der Waals surface area contributed by atoms with Crippen molar-refractivity contribution in [1.82, 2.24) is 0 Å². The number of anilines is 3. The van der Waals surface area contributed by atoms with Gasteiger partial charge < -0.3 is 15.4 Å². The summed E-state index contributed by atoms with van der Waals surface area (Å²) >= 11 is 5.51. The number of hydrogen-bond acceptors (Lipinski definition) is 4. The second-order valence-electron chi connectivity index (χ2n) is 5.96. The molecule has 2 N–H and O–H groups in total. The van der Waals surface area contributed by atoms with E-state index in [1.165, 1.54) is 4.90 Å². The Morgan fingerprint density at radius 3 is 2.48 bits per heavy atom. The van der Waals surface area contributed by atoms with E-state index in [4.69, 9.17) is 16.3 Å². The maximum absolute atomic E-state index is 12.6. The molecule has 0 saturated heterocycles. The number of nitrogens with one attached hydrogen (secondary N) is 2. The fraction of sp³-hybridized carbons (Fsp3) is 0.211. The first-order valence-corrected chi connectivity index (χ1v) is 8.84. The number of nitrogens with zero attached hydrogens (tertiary/aromatic N) is 1. The van der Waals surface area contributed by atoms with Crippen LogP contribution < -0.4 is 20.3 Å². The van der Waals surface area contributed by atoms with Crippen LogP contribution in [0.1, 0.15) is 6.92 Å². The van der Waals surface area contributed by atoms with Crippen molar-refractivity contribution in [1.29, 1.82) is 0 Å². The Labute approximate surface area is 161 Å². The molecular weight excluding hydrogens is 370 g/mol. The second-order valence-corrected chi connectivity index (χ2v) is 6.23. The molecule has 3 rings (SSSR count). The average molecular weight is 388 g/mol. The quantitative estimate of drug-likeness (QED) is 0.772. The molecule has 3 amide bonds. The molecule has 1 aliphatic rings. The third kappa shape index (κ3) is 4.38. The van der Waals surface area contributed by atoms with Crippen LogP contribution >= 0.6 is 11.6 Å². The molecule has 0 aromatic heterocycles. The SMILES string of the molecule is CC1Oc2ccc(NC(=O)CCl)cc2N(CC(=O)Nc2ccccc2)C1=O. The maximum Gasteiger partial charge on any atom is 0.268 e. The molecule has 1 aliphatic heterocycles. The highest BCUT2D eigenvalue weighted by Crippen LogP contribution is 2.36. The standard InChI is InChI=1S/C19H18ClN3O4/c1-12-19(26)23(11-18(25)21-13-5-3-2-4-6-13)15-9-14(22-17(24)10-20)7-8-16(15)27-12/h2-9,12H,10-11H2,1H3,(H,21,25)(H,22,24). The van der Waals surface area contributed by atoms with Crippen molar-refractivity contribution < 1.29 is 19.1 Å². The van der Waals surface area contributed by atoms with Crippen LogP contribution in [0, 0.1) is 0 Å². The van der Waals surface area contributed by atoms with Gasteiger partial charge in [-0.1, -0.05) is 18.2 Å². The zero-order valence-corrected chi connectivity index (χ0v) is 15.3. The van der Waals surface area contributed by atoms with Gasteiger partial charge in [-0.05, 0) is 37.3 Å². The Balaban J connectivity index is 1.83. The predicted octanol–water partition coefficient (Wildman–Crippen LogP) is 2.62. The summed E-state index contributed by atoms with van der Waals surface area (Å²) in [5.74, 6) is -0.788. The summed E-state index contributed by atoms with van der Waals surface area (Å²) in [6.07, 6.45) is -0.717. The van der Waals surface area contributed by atoms with Gasteiger partial charge >= 0.3 is 0 Å². The van der Waals surface area contributed by atoms with E-state index in [2.05, 4.69) is 10.6 Å². The monoisotopic (exact) mass is 387 g/mol. The number of hydrogen-bond donors (Lipinski definition) is 2. The zero-order valence-electron chi connectivity index (χ0n) is 14.6. The number of para-hydroxylation sites is 1. The Bertz CT molecular complexity index is 873. The van der Waals surface area contributed by atoms with Crippen LogP contribution in [0.2, 0.25) is 0 Å². The summed E-state index contributed by atoms with van der Waals surface area (Å²) in [6.45, 7) is 1.44.